The molecule has 5 rings (SSSR count). The van der Waals surface area contributed by atoms with Crippen molar-refractivity contribution >= 4 is 11.6 Å². The van der Waals surface area contributed by atoms with Gasteiger partial charge in [0.2, 0.25) is 5.91 Å². The van der Waals surface area contributed by atoms with Crippen LogP contribution in [-0.4, -0.2) is 25.7 Å². The van der Waals surface area contributed by atoms with Gasteiger partial charge in [0.25, 0.3) is 0 Å². The molecule has 1 N–H and O–H groups in total. The number of rotatable bonds is 3. The average Bonchev–Trinajstić information content (AvgIpc) is 3.41. The Balaban J connectivity index is 1.70. The third-order valence-corrected chi connectivity index (χ3v) is 5.17. The maximum atomic E-state index is 13.9. The van der Waals surface area contributed by atoms with Crippen LogP contribution >= 0.6 is 0 Å². The minimum Gasteiger partial charge on any atom is -0.326 e. The molecule has 2 aromatic heterocycles. The molecule has 2 aliphatic rings. The first-order valence-corrected chi connectivity index (χ1v) is 9.07. The molecule has 0 unspecified atom stereocenters. The maximum Gasteiger partial charge on any atom is 0.225 e. The molecular weight excluding hydrogens is 345 g/mol. The lowest BCUT2D eigenvalue weighted by Gasteiger charge is -2.25. The van der Waals surface area contributed by atoms with Crippen LogP contribution in [0, 0.1) is 12.7 Å². The van der Waals surface area contributed by atoms with Crippen molar-refractivity contribution in [3.05, 3.63) is 65.3 Å². The third-order valence-electron chi connectivity index (χ3n) is 5.17. The molecular formula is C20H18FN5O. The summed E-state index contributed by atoms with van der Waals surface area (Å²) in [6.07, 6.45) is 5.86. The lowest BCUT2D eigenvalue weighted by atomic mass is 9.89. The topological polar surface area (TPSA) is 72.7 Å². The second-order valence-electron chi connectivity index (χ2n) is 7.21. The highest BCUT2D eigenvalue weighted by atomic mass is 19.1. The van der Waals surface area contributed by atoms with Crippen LogP contribution < -0.4 is 5.32 Å². The average molecular weight is 363 g/mol. The van der Waals surface area contributed by atoms with E-state index in [0.29, 0.717) is 17.4 Å². The molecule has 1 aromatic carbocycles. The first-order chi connectivity index (χ1) is 13.1. The van der Waals surface area contributed by atoms with Crippen molar-refractivity contribution < 1.29 is 9.18 Å². The monoisotopic (exact) mass is 363 g/mol. The molecule has 6 nitrogen and oxygen atoms in total. The fraction of sp³-hybridized carbons (Fsp3) is 0.300. The van der Waals surface area contributed by atoms with Crippen LogP contribution in [0.1, 0.15) is 53.9 Å². The Bertz CT molecular complexity index is 1060. The fourth-order valence-corrected chi connectivity index (χ4v) is 3.62. The second kappa shape index (κ2) is 5.97. The zero-order valence-corrected chi connectivity index (χ0v) is 14.8. The summed E-state index contributed by atoms with van der Waals surface area (Å²) in [4.78, 5) is 21.2. The number of pyridine rings is 1. The summed E-state index contributed by atoms with van der Waals surface area (Å²) < 4.78 is 15.8. The van der Waals surface area contributed by atoms with E-state index in [1.54, 1.807) is 18.5 Å². The number of hydrogen-bond donors (Lipinski definition) is 1. The summed E-state index contributed by atoms with van der Waals surface area (Å²) in [6, 6.07) is 6.33. The Morgan fingerprint density at radius 2 is 2.11 bits per heavy atom. The van der Waals surface area contributed by atoms with E-state index < -0.39 is 0 Å². The van der Waals surface area contributed by atoms with E-state index in [1.165, 1.54) is 12.1 Å². The summed E-state index contributed by atoms with van der Waals surface area (Å²) in [7, 11) is 0. The first kappa shape index (κ1) is 16.1. The number of aryl methyl sites for hydroxylation is 1. The van der Waals surface area contributed by atoms with Crippen LogP contribution in [-0.2, 0) is 4.79 Å². The largest absolute Gasteiger partial charge is 0.326 e. The van der Waals surface area contributed by atoms with E-state index in [-0.39, 0.29) is 24.1 Å². The van der Waals surface area contributed by atoms with Gasteiger partial charge in [-0.1, -0.05) is 0 Å². The Hall–Kier alpha value is -3.09. The van der Waals surface area contributed by atoms with Crippen LogP contribution in [0.5, 0.6) is 0 Å². The molecule has 0 radical (unpaired) electrons. The van der Waals surface area contributed by atoms with Crippen molar-refractivity contribution in [2.75, 3.05) is 5.32 Å². The predicted octanol–water partition coefficient (Wildman–Crippen LogP) is 3.46. The van der Waals surface area contributed by atoms with Gasteiger partial charge in [0, 0.05) is 30.4 Å². The lowest BCUT2D eigenvalue weighted by Crippen LogP contribution is -2.25. The van der Waals surface area contributed by atoms with Gasteiger partial charge in [-0.25, -0.2) is 14.1 Å². The summed E-state index contributed by atoms with van der Waals surface area (Å²) in [5, 5.41) is 7.58. The van der Waals surface area contributed by atoms with Crippen LogP contribution in [0.4, 0.5) is 10.1 Å². The van der Waals surface area contributed by atoms with Gasteiger partial charge in [0.1, 0.15) is 11.6 Å². The van der Waals surface area contributed by atoms with Gasteiger partial charge in [-0.05, 0) is 55.2 Å². The molecule has 1 atom stereocenters. The highest BCUT2D eigenvalue weighted by Crippen LogP contribution is 2.42. The van der Waals surface area contributed by atoms with Crippen molar-refractivity contribution in [1.82, 2.24) is 19.7 Å². The third kappa shape index (κ3) is 2.79. The number of amides is 1. The molecule has 136 valence electrons. The standard InChI is InChI=1S/C20H18FN5O/c1-11-10-22-7-6-17(11)26-20(24-19(25-26)12-2-3-12)15-9-18(27)23-16-5-4-13(21)8-14(15)16/h4-8,10,12,15H,2-3,9H2,1H3,(H,23,27)/t15-/m0/s1. The minimum absolute atomic E-state index is 0.104. The fourth-order valence-electron chi connectivity index (χ4n) is 3.62. The number of hydrogen-bond acceptors (Lipinski definition) is 4. The van der Waals surface area contributed by atoms with E-state index in [4.69, 9.17) is 10.1 Å². The Morgan fingerprint density at radius 1 is 1.26 bits per heavy atom. The molecule has 3 heterocycles. The molecule has 27 heavy (non-hydrogen) atoms. The molecule has 0 bridgehead atoms. The Morgan fingerprint density at radius 3 is 2.89 bits per heavy atom. The SMILES string of the molecule is Cc1cnccc1-n1nc(C2CC2)nc1[C@H]1CC(=O)Nc2ccc(F)cc21. The van der Waals surface area contributed by atoms with Crippen LogP contribution in [0.25, 0.3) is 5.69 Å². The van der Waals surface area contributed by atoms with Gasteiger partial charge < -0.3 is 5.32 Å². The summed E-state index contributed by atoms with van der Waals surface area (Å²) in [5.74, 6) is 1.06. The molecule has 1 amide bonds. The molecule has 0 spiro atoms. The van der Waals surface area contributed by atoms with Crippen molar-refractivity contribution in [1.29, 1.82) is 0 Å². The summed E-state index contributed by atoms with van der Waals surface area (Å²) in [5.41, 5.74) is 3.21. The van der Waals surface area contributed by atoms with Gasteiger partial charge in [0.15, 0.2) is 5.82 Å². The van der Waals surface area contributed by atoms with E-state index >= 15 is 0 Å². The first-order valence-electron chi connectivity index (χ1n) is 9.07. The highest BCUT2D eigenvalue weighted by molar-refractivity contribution is 5.95. The molecule has 1 saturated carbocycles. The molecule has 0 saturated heterocycles. The van der Waals surface area contributed by atoms with Crippen molar-refractivity contribution in [2.24, 2.45) is 0 Å². The molecule has 1 fully saturated rings. The van der Waals surface area contributed by atoms with Gasteiger partial charge in [-0.3, -0.25) is 9.78 Å². The predicted molar refractivity (Wildman–Crippen MR) is 97.4 cm³/mol. The maximum absolute atomic E-state index is 13.9. The number of anilines is 1. The Kier molecular flexibility index (Phi) is 3.56. The summed E-state index contributed by atoms with van der Waals surface area (Å²) >= 11 is 0. The van der Waals surface area contributed by atoms with Crippen molar-refractivity contribution in [3.63, 3.8) is 0 Å². The normalized spacial score (nSPS) is 18.9. The number of fused-ring (bicyclic) bond motifs is 1. The smallest absolute Gasteiger partial charge is 0.225 e. The zero-order valence-electron chi connectivity index (χ0n) is 14.8. The number of benzene rings is 1. The van der Waals surface area contributed by atoms with Crippen LogP contribution in [0.15, 0.2) is 36.7 Å². The lowest BCUT2D eigenvalue weighted by molar-refractivity contribution is -0.116. The number of halogens is 1. The second-order valence-corrected chi connectivity index (χ2v) is 7.21. The number of nitrogens with one attached hydrogen (secondary N) is 1. The molecule has 1 aliphatic carbocycles. The van der Waals surface area contributed by atoms with Crippen molar-refractivity contribution in [2.45, 2.75) is 38.0 Å². The van der Waals surface area contributed by atoms with Crippen LogP contribution in [0.3, 0.4) is 0 Å². The van der Waals surface area contributed by atoms with Gasteiger partial charge in [0.05, 0.1) is 11.6 Å². The zero-order chi connectivity index (χ0) is 18.5. The summed E-state index contributed by atoms with van der Waals surface area (Å²) in [6.45, 7) is 1.96. The molecule has 7 heteroatoms. The van der Waals surface area contributed by atoms with Crippen LogP contribution in [0.2, 0.25) is 0 Å². The molecule has 3 aromatic rings. The van der Waals surface area contributed by atoms with Gasteiger partial charge in [-0.2, -0.15) is 5.10 Å². The highest BCUT2D eigenvalue weighted by Gasteiger charge is 2.35. The van der Waals surface area contributed by atoms with Gasteiger partial charge in [-0.15, -0.1) is 0 Å². The van der Waals surface area contributed by atoms with Gasteiger partial charge >= 0.3 is 0 Å². The van der Waals surface area contributed by atoms with E-state index in [1.807, 2.05) is 17.7 Å². The number of nitrogens with zero attached hydrogens (tertiary/aromatic N) is 4. The van der Waals surface area contributed by atoms with E-state index in [9.17, 15) is 9.18 Å². The van der Waals surface area contributed by atoms with E-state index in [2.05, 4.69) is 10.3 Å². The number of aromatic nitrogens is 4. The number of carbonyl (C=O) groups excluding carboxylic acids is 1. The Labute approximate surface area is 155 Å². The van der Waals surface area contributed by atoms with E-state index in [0.717, 1.165) is 35.5 Å². The molecule has 1 aliphatic heterocycles. The van der Waals surface area contributed by atoms with Crippen molar-refractivity contribution in [3.8, 4) is 5.69 Å². The minimum atomic E-state index is -0.350. The number of carbonyl (C=O) groups is 1. The quantitative estimate of drug-likeness (QED) is 0.773.